The van der Waals surface area contributed by atoms with Crippen LogP contribution in [0.25, 0.3) is 11.3 Å². The van der Waals surface area contributed by atoms with Crippen molar-refractivity contribution < 1.29 is 14.3 Å². The van der Waals surface area contributed by atoms with Crippen LogP contribution in [-0.2, 0) is 0 Å². The predicted octanol–water partition coefficient (Wildman–Crippen LogP) is 2.88. The lowest BCUT2D eigenvalue weighted by atomic mass is 10.1. The SMILES string of the molecule is Nc1cc(Cl)ccc1-c1ccc(C(=O)O)o1. The van der Waals surface area contributed by atoms with Gasteiger partial charge in [0, 0.05) is 16.3 Å². The minimum atomic E-state index is -1.11. The summed E-state index contributed by atoms with van der Waals surface area (Å²) in [6.45, 7) is 0. The maximum absolute atomic E-state index is 10.6. The van der Waals surface area contributed by atoms with Crippen LogP contribution in [0, 0.1) is 0 Å². The quantitative estimate of drug-likeness (QED) is 0.788. The second kappa shape index (κ2) is 3.90. The van der Waals surface area contributed by atoms with Gasteiger partial charge in [-0.1, -0.05) is 11.6 Å². The van der Waals surface area contributed by atoms with Crippen molar-refractivity contribution in [2.75, 3.05) is 5.73 Å². The lowest BCUT2D eigenvalue weighted by Crippen LogP contribution is -1.92. The van der Waals surface area contributed by atoms with E-state index in [1.165, 1.54) is 6.07 Å². The minimum absolute atomic E-state index is 0.121. The molecule has 2 aromatic rings. The Kier molecular flexibility index (Phi) is 2.58. The van der Waals surface area contributed by atoms with Gasteiger partial charge in [-0.3, -0.25) is 0 Å². The van der Waals surface area contributed by atoms with Gasteiger partial charge < -0.3 is 15.3 Å². The topological polar surface area (TPSA) is 76.5 Å². The van der Waals surface area contributed by atoms with Gasteiger partial charge in [-0.15, -0.1) is 0 Å². The van der Waals surface area contributed by atoms with Gasteiger partial charge in [0.1, 0.15) is 5.76 Å². The van der Waals surface area contributed by atoms with Gasteiger partial charge in [-0.25, -0.2) is 4.79 Å². The lowest BCUT2D eigenvalue weighted by Gasteiger charge is -2.02. The first-order valence-electron chi connectivity index (χ1n) is 4.46. The average molecular weight is 238 g/mol. The first-order valence-corrected chi connectivity index (χ1v) is 4.84. The monoisotopic (exact) mass is 237 g/mol. The van der Waals surface area contributed by atoms with Crippen LogP contribution < -0.4 is 5.73 Å². The van der Waals surface area contributed by atoms with Crippen LogP contribution in [-0.4, -0.2) is 11.1 Å². The summed E-state index contributed by atoms with van der Waals surface area (Å²) in [7, 11) is 0. The van der Waals surface area contributed by atoms with E-state index in [0.717, 1.165) is 0 Å². The van der Waals surface area contributed by atoms with Crippen molar-refractivity contribution in [3.05, 3.63) is 41.1 Å². The van der Waals surface area contributed by atoms with Crippen molar-refractivity contribution in [1.29, 1.82) is 0 Å². The number of nitrogen functional groups attached to an aromatic ring is 1. The molecule has 16 heavy (non-hydrogen) atoms. The van der Waals surface area contributed by atoms with Crippen LogP contribution in [0.3, 0.4) is 0 Å². The molecule has 3 N–H and O–H groups in total. The summed E-state index contributed by atoms with van der Waals surface area (Å²) in [5.74, 6) is -0.824. The molecule has 82 valence electrons. The summed E-state index contributed by atoms with van der Waals surface area (Å²) in [4.78, 5) is 10.6. The highest BCUT2D eigenvalue weighted by Gasteiger charge is 2.12. The molecule has 4 nitrogen and oxygen atoms in total. The molecule has 0 aliphatic heterocycles. The maximum atomic E-state index is 10.6. The fourth-order valence-corrected chi connectivity index (χ4v) is 1.54. The minimum Gasteiger partial charge on any atom is -0.475 e. The van der Waals surface area contributed by atoms with Crippen LogP contribution in [0.1, 0.15) is 10.6 Å². The number of rotatable bonds is 2. The number of aromatic carboxylic acids is 1. The molecule has 1 heterocycles. The van der Waals surface area contributed by atoms with E-state index in [2.05, 4.69) is 0 Å². The third-order valence-corrected chi connectivity index (χ3v) is 2.33. The second-order valence-corrected chi connectivity index (χ2v) is 3.64. The van der Waals surface area contributed by atoms with Gasteiger partial charge in [0.2, 0.25) is 5.76 Å². The Hall–Kier alpha value is -1.94. The molecule has 1 aromatic heterocycles. The Bertz CT molecular complexity index is 548. The molecule has 0 atom stereocenters. The van der Waals surface area contributed by atoms with Gasteiger partial charge >= 0.3 is 5.97 Å². The van der Waals surface area contributed by atoms with E-state index in [9.17, 15) is 4.79 Å². The zero-order valence-corrected chi connectivity index (χ0v) is 8.86. The molecule has 0 radical (unpaired) electrons. The number of hydrogen-bond donors (Lipinski definition) is 2. The van der Waals surface area contributed by atoms with Gasteiger partial charge in [-0.2, -0.15) is 0 Å². The molecule has 0 saturated heterocycles. The number of benzene rings is 1. The van der Waals surface area contributed by atoms with E-state index in [0.29, 0.717) is 22.0 Å². The Labute approximate surface area is 96.2 Å². The van der Waals surface area contributed by atoms with Crippen LogP contribution in [0.15, 0.2) is 34.7 Å². The Morgan fingerprint density at radius 1 is 1.31 bits per heavy atom. The maximum Gasteiger partial charge on any atom is 0.371 e. The van der Waals surface area contributed by atoms with E-state index in [1.807, 2.05) is 0 Å². The highest BCUT2D eigenvalue weighted by molar-refractivity contribution is 6.31. The number of nitrogens with two attached hydrogens (primary N) is 1. The van der Waals surface area contributed by atoms with E-state index in [1.54, 1.807) is 24.3 Å². The van der Waals surface area contributed by atoms with E-state index in [4.69, 9.17) is 26.9 Å². The van der Waals surface area contributed by atoms with Crippen molar-refractivity contribution in [3.8, 4) is 11.3 Å². The highest BCUT2D eigenvalue weighted by Crippen LogP contribution is 2.29. The number of furan rings is 1. The average Bonchev–Trinajstić information content (AvgIpc) is 2.66. The summed E-state index contributed by atoms with van der Waals surface area (Å²) in [6.07, 6.45) is 0. The molecule has 2 rings (SSSR count). The highest BCUT2D eigenvalue weighted by atomic mass is 35.5. The lowest BCUT2D eigenvalue weighted by molar-refractivity contribution is 0.0663. The molecule has 0 fully saturated rings. The smallest absolute Gasteiger partial charge is 0.371 e. The zero-order chi connectivity index (χ0) is 11.7. The van der Waals surface area contributed by atoms with Gasteiger partial charge in [-0.05, 0) is 30.3 Å². The Morgan fingerprint density at radius 3 is 2.62 bits per heavy atom. The molecule has 0 spiro atoms. The van der Waals surface area contributed by atoms with Crippen molar-refractivity contribution in [1.82, 2.24) is 0 Å². The summed E-state index contributed by atoms with van der Waals surface area (Å²) in [5.41, 5.74) is 6.81. The third kappa shape index (κ3) is 1.87. The summed E-state index contributed by atoms with van der Waals surface area (Å²) < 4.78 is 5.13. The summed E-state index contributed by atoms with van der Waals surface area (Å²) in [5, 5.41) is 9.23. The molecule has 5 heteroatoms. The van der Waals surface area contributed by atoms with Crippen LogP contribution >= 0.6 is 11.6 Å². The normalized spacial score (nSPS) is 10.3. The molecule has 0 bridgehead atoms. The molecule has 0 aliphatic rings. The van der Waals surface area contributed by atoms with Crippen molar-refractivity contribution in [3.63, 3.8) is 0 Å². The zero-order valence-electron chi connectivity index (χ0n) is 8.11. The molecular formula is C11H8ClNO3. The molecule has 1 aromatic carbocycles. The number of hydrogen-bond acceptors (Lipinski definition) is 3. The molecule has 0 unspecified atom stereocenters. The number of carbonyl (C=O) groups is 1. The van der Waals surface area contributed by atoms with E-state index < -0.39 is 5.97 Å². The Morgan fingerprint density at radius 2 is 2.06 bits per heavy atom. The van der Waals surface area contributed by atoms with Gasteiger partial charge in [0.25, 0.3) is 0 Å². The first-order chi connectivity index (χ1) is 7.58. The van der Waals surface area contributed by atoms with Gasteiger partial charge in [0.05, 0.1) is 0 Å². The number of anilines is 1. The van der Waals surface area contributed by atoms with E-state index in [-0.39, 0.29) is 5.76 Å². The molecule has 0 aliphatic carbocycles. The standard InChI is InChI=1S/C11H8ClNO3/c12-6-1-2-7(8(13)5-6)9-3-4-10(16-9)11(14)15/h1-5H,13H2,(H,14,15). The summed E-state index contributed by atoms with van der Waals surface area (Å²) in [6, 6.07) is 7.87. The predicted molar refractivity (Wildman–Crippen MR) is 60.5 cm³/mol. The Balaban J connectivity index is 2.46. The fourth-order valence-electron chi connectivity index (χ4n) is 1.36. The van der Waals surface area contributed by atoms with Crippen molar-refractivity contribution in [2.45, 2.75) is 0 Å². The van der Waals surface area contributed by atoms with Crippen LogP contribution in [0.4, 0.5) is 5.69 Å². The fraction of sp³-hybridized carbons (Fsp3) is 0. The van der Waals surface area contributed by atoms with Crippen LogP contribution in [0.2, 0.25) is 5.02 Å². The number of halogens is 1. The first kappa shape index (κ1) is 10.6. The molecule has 0 amide bonds. The largest absolute Gasteiger partial charge is 0.475 e. The number of carboxylic acid groups (broad SMARTS) is 1. The van der Waals surface area contributed by atoms with Crippen LogP contribution in [0.5, 0.6) is 0 Å². The molecular weight excluding hydrogens is 230 g/mol. The van der Waals surface area contributed by atoms with Gasteiger partial charge in [0.15, 0.2) is 0 Å². The van der Waals surface area contributed by atoms with Crippen molar-refractivity contribution in [2.24, 2.45) is 0 Å². The third-order valence-electron chi connectivity index (χ3n) is 2.10. The number of carboxylic acids is 1. The second-order valence-electron chi connectivity index (χ2n) is 3.20. The van der Waals surface area contributed by atoms with Crippen molar-refractivity contribution >= 4 is 23.3 Å². The molecule has 0 saturated carbocycles. The summed E-state index contributed by atoms with van der Waals surface area (Å²) >= 11 is 5.76. The van der Waals surface area contributed by atoms with E-state index >= 15 is 0 Å².